The SMILES string of the molecule is CCNc1ncnc(N2CCC(C(C)C)CC2)c1C. The van der Waals surface area contributed by atoms with Gasteiger partial charge in [0.25, 0.3) is 0 Å². The molecule has 19 heavy (non-hydrogen) atoms. The summed E-state index contributed by atoms with van der Waals surface area (Å²) in [5, 5.41) is 3.30. The molecule has 1 aromatic heterocycles. The first-order valence-corrected chi connectivity index (χ1v) is 7.43. The Balaban J connectivity index is 2.09. The Hall–Kier alpha value is -1.32. The molecule has 1 N–H and O–H groups in total. The van der Waals surface area contributed by atoms with E-state index in [9.17, 15) is 0 Å². The molecule has 2 heterocycles. The van der Waals surface area contributed by atoms with E-state index in [0.29, 0.717) is 0 Å². The molecule has 4 heteroatoms. The molecular formula is C15H26N4. The molecule has 1 aromatic rings. The van der Waals surface area contributed by atoms with Gasteiger partial charge in [0.15, 0.2) is 0 Å². The standard InChI is InChI=1S/C15H26N4/c1-5-16-14-12(4)15(18-10-17-14)19-8-6-13(7-9-19)11(2)3/h10-11,13H,5-9H2,1-4H3,(H,16,17,18). The number of nitrogens with zero attached hydrogens (tertiary/aromatic N) is 3. The summed E-state index contributed by atoms with van der Waals surface area (Å²) in [4.78, 5) is 11.2. The van der Waals surface area contributed by atoms with E-state index in [2.05, 4.69) is 47.9 Å². The smallest absolute Gasteiger partial charge is 0.137 e. The molecule has 0 saturated carbocycles. The second-order valence-corrected chi connectivity index (χ2v) is 5.77. The molecule has 0 atom stereocenters. The molecule has 0 bridgehead atoms. The van der Waals surface area contributed by atoms with Gasteiger partial charge in [-0.15, -0.1) is 0 Å². The lowest BCUT2D eigenvalue weighted by molar-refractivity contribution is 0.310. The minimum absolute atomic E-state index is 0.797. The van der Waals surface area contributed by atoms with E-state index in [0.717, 1.165) is 43.1 Å². The lowest BCUT2D eigenvalue weighted by atomic mass is 9.86. The Morgan fingerprint density at radius 1 is 1.32 bits per heavy atom. The van der Waals surface area contributed by atoms with Crippen molar-refractivity contribution in [3.8, 4) is 0 Å². The van der Waals surface area contributed by atoms with E-state index in [-0.39, 0.29) is 0 Å². The molecule has 1 aliphatic rings. The van der Waals surface area contributed by atoms with E-state index < -0.39 is 0 Å². The fourth-order valence-electron chi connectivity index (χ4n) is 2.88. The summed E-state index contributed by atoms with van der Waals surface area (Å²) >= 11 is 0. The summed E-state index contributed by atoms with van der Waals surface area (Å²) in [6, 6.07) is 0. The summed E-state index contributed by atoms with van der Waals surface area (Å²) in [5.41, 5.74) is 1.17. The van der Waals surface area contributed by atoms with E-state index in [1.807, 2.05) is 0 Å². The quantitative estimate of drug-likeness (QED) is 0.905. The van der Waals surface area contributed by atoms with Gasteiger partial charge in [0.05, 0.1) is 0 Å². The zero-order valence-corrected chi connectivity index (χ0v) is 12.6. The molecule has 1 saturated heterocycles. The van der Waals surface area contributed by atoms with E-state index in [4.69, 9.17) is 0 Å². The number of anilines is 2. The van der Waals surface area contributed by atoms with E-state index in [1.165, 1.54) is 18.4 Å². The van der Waals surface area contributed by atoms with Gasteiger partial charge >= 0.3 is 0 Å². The Kier molecular flexibility index (Phi) is 4.61. The van der Waals surface area contributed by atoms with Crippen LogP contribution in [0.2, 0.25) is 0 Å². The molecule has 4 nitrogen and oxygen atoms in total. The average molecular weight is 262 g/mol. The maximum atomic E-state index is 4.49. The van der Waals surface area contributed by atoms with Crippen molar-refractivity contribution in [2.45, 2.75) is 40.5 Å². The summed E-state index contributed by atoms with van der Waals surface area (Å²) < 4.78 is 0. The van der Waals surface area contributed by atoms with Crippen LogP contribution in [0.25, 0.3) is 0 Å². The maximum absolute atomic E-state index is 4.49. The summed E-state index contributed by atoms with van der Waals surface area (Å²) in [6.07, 6.45) is 4.23. The Bertz CT molecular complexity index is 409. The number of aromatic nitrogens is 2. The number of nitrogens with one attached hydrogen (secondary N) is 1. The molecule has 0 unspecified atom stereocenters. The fraction of sp³-hybridized carbons (Fsp3) is 0.733. The normalized spacial score (nSPS) is 17.0. The third-order valence-electron chi connectivity index (χ3n) is 4.18. The van der Waals surface area contributed by atoms with Crippen LogP contribution in [0.15, 0.2) is 6.33 Å². The highest BCUT2D eigenvalue weighted by atomic mass is 15.2. The molecule has 0 aliphatic carbocycles. The van der Waals surface area contributed by atoms with Crippen LogP contribution in [0.3, 0.4) is 0 Å². The van der Waals surface area contributed by atoms with Crippen LogP contribution in [0.4, 0.5) is 11.6 Å². The van der Waals surface area contributed by atoms with Crippen LogP contribution >= 0.6 is 0 Å². The van der Waals surface area contributed by atoms with Crippen LogP contribution in [0, 0.1) is 18.8 Å². The van der Waals surface area contributed by atoms with Crippen molar-refractivity contribution in [3.63, 3.8) is 0 Å². The monoisotopic (exact) mass is 262 g/mol. The zero-order chi connectivity index (χ0) is 13.8. The van der Waals surface area contributed by atoms with Crippen molar-refractivity contribution in [2.24, 2.45) is 11.8 Å². The minimum Gasteiger partial charge on any atom is -0.370 e. The first-order chi connectivity index (χ1) is 9.13. The number of piperidine rings is 1. The molecule has 0 aromatic carbocycles. The van der Waals surface area contributed by atoms with E-state index >= 15 is 0 Å². The Labute approximate surface area is 116 Å². The van der Waals surface area contributed by atoms with Gasteiger partial charge in [-0.05, 0) is 38.5 Å². The molecule has 0 spiro atoms. The third-order valence-corrected chi connectivity index (χ3v) is 4.18. The van der Waals surface area contributed by atoms with Crippen molar-refractivity contribution in [1.82, 2.24) is 9.97 Å². The van der Waals surface area contributed by atoms with Crippen molar-refractivity contribution < 1.29 is 0 Å². The number of hydrogen-bond acceptors (Lipinski definition) is 4. The van der Waals surface area contributed by atoms with Gasteiger partial charge in [0.1, 0.15) is 18.0 Å². The highest BCUT2D eigenvalue weighted by Crippen LogP contribution is 2.29. The van der Waals surface area contributed by atoms with Crippen LogP contribution in [-0.2, 0) is 0 Å². The second kappa shape index (κ2) is 6.22. The van der Waals surface area contributed by atoms with Crippen molar-refractivity contribution in [3.05, 3.63) is 11.9 Å². The predicted octanol–water partition coefficient (Wildman–Crippen LogP) is 3.09. The van der Waals surface area contributed by atoms with Crippen LogP contribution in [-0.4, -0.2) is 29.6 Å². The van der Waals surface area contributed by atoms with Gasteiger partial charge in [0.2, 0.25) is 0 Å². The minimum atomic E-state index is 0.797. The lowest BCUT2D eigenvalue weighted by Crippen LogP contribution is -2.36. The molecule has 106 valence electrons. The summed E-state index contributed by atoms with van der Waals surface area (Å²) in [5.74, 6) is 3.74. The summed E-state index contributed by atoms with van der Waals surface area (Å²) in [7, 11) is 0. The van der Waals surface area contributed by atoms with Gasteiger partial charge < -0.3 is 10.2 Å². The third kappa shape index (κ3) is 3.17. The molecular weight excluding hydrogens is 236 g/mol. The fourth-order valence-corrected chi connectivity index (χ4v) is 2.88. The first-order valence-electron chi connectivity index (χ1n) is 7.43. The van der Waals surface area contributed by atoms with Crippen molar-refractivity contribution in [2.75, 3.05) is 29.9 Å². The zero-order valence-electron chi connectivity index (χ0n) is 12.6. The highest BCUT2D eigenvalue weighted by Gasteiger charge is 2.23. The number of hydrogen-bond donors (Lipinski definition) is 1. The van der Waals surface area contributed by atoms with Gasteiger partial charge in [-0.1, -0.05) is 13.8 Å². The van der Waals surface area contributed by atoms with Crippen LogP contribution in [0.5, 0.6) is 0 Å². The second-order valence-electron chi connectivity index (χ2n) is 5.77. The first kappa shape index (κ1) is 14.1. The molecule has 1 aliphatic heterocycles. The van der Waals surface area contributed by atoms with Crippen LogP contribution < -0.4 is 10.2 Å². The van der Waals surface area contributed by atoms with Gasteiger partial charge in [-0.3, -0.25) is 0 Å². The molecule has 2 rings (SSSR count). The highest BCUT2D eigenvalue weighted by molar-refractivity contribution is 5.58. The van der Waals surface area contributed by atoms with Crippen LogP contribution in [0.1, 0.15) is 39.2 Å². The predicted molar refractivity (Wildman–Crippen MR) is 80.7 cm³/mol. The van der Waals surface area contributed by atoms with E-state index in [1.54, 1.807) is 6.33 Å². The summed E-state index contributed by atoms with van der Waals surface area (Å²) in [6.45, 7) is 12.0. The Morgan fingerprint density at radius 3 is 2.58 bits per heavy atom. The van der Waals surface area contributed by atoms with Gasteiger partial charge in [-0.25, -0.2) is 9.97 Å². The van der Waals surface area contributed by atoms with Gasteiger partial charge in [-0.2, -0.15) is 0 Å². The molecule has 0 radical (unpaired) electrons. The van der Waals surface area contributed by atoms with Gasteiger partial charge in [0, 0.05) is 25.2 Å². The molecule has 1 fully saturated rings. The number of rotatable bonds is 4. The maximum Gasteiger partial charge on any atom is 0.137 e. The van der Waals surface area contributed by atoms with Crippen molar-refractivity contribution >= 4 is 11.6 Å². The lowest BCUT2D eigenvalue weighted by Gasteiger charge is -2.35. The average Bonchev–Trinajstić information content (AvgIpc) is 2.41. The molecule has 0 amide bonds. The largest absolute Gasteiger partial charge is 0.370 e. The topological polar surface area (TPSA) is 41.1 Å². The van der Waals surface area contributed by atoms with Crippen molar-refractivity contribution in [1.29, 1.82) is 0 Å². The Morgan fingerprint density at radius 2 is 2.00 bits per heavy atom.